The standard InChI is InChI=1S/C8H14O4S.C7H12O4S.C4H11N2S2/c1-5(2)13-7(8(11)12)3-6(10)4-9;1-4(2)12-5(7(10)11)3-6(8)9;5-1-3-7-8-4-2-6/h5,7,9H,3-4H2,1-2H3,(H,11,12);4-5H,3H2,1-2H3,(H,8,9)(H,10,11);5H,1-4,6H2/q;;-1. The summed E-state index contributed by atoms with van der Waals surface area (Å²) in [6.45, 7) is 8.31. The molecule has 2 atom stereocenters. The number of aliphatic hydroxyl groups excluding tert-OH is 1. The third-order valence-electron chi connectivity index (χ3n) is 2.86. The number of aliphatic carboxylic acids is 3. The smallest absolute Gasteiger partial charge is 0.317 e. The molecule has 0 radical (unpaired) electrons. The normalized spacial score (nSPS) is 12.2. The van der Waals surface area contributed by atoms with E-state index in [9.17, 15) is 24.3 Å². The lowest BCUT2D eigenvalue weighted by atomic mass is 10.2. The first-order valence-electron chi connectivity index (χ1n) is 10.1. The van der Waals surface area contributed by atoms with E-state index in [4.69, 9.17) is 21.1 Å². The molecule has 0 aliphatic heterocycles. The molecule has 0 aromatic heterocycles. The van der Waals surface area contributed by atoms with Gasteiger partial charge in [0.1, 0.15) is 17.1 Å². The van der Waals surface area contributed by atoms with E-state index in [0.29, 0.717) is 6.54 Å². The predicted molar refractivity (Wildman–Crippen MR) is 136 cm³/mol. The quantitative estimate of drug-likeness (QED) is 0.157. The Kier molecular flexibility index (Phi) is 27.4. The molecule has 14 heteroatoms. The average Bonchev–Trinajstić information content (AvgIpc) is 2.70. The minimum Gasteiger partial charge on any atom is -0.677 e. The molecule has 0 bridgehead atoms. The lowest BCUT2D eigenvalue weighted by Gasteiger charge is -2.14. The van der Waals surface area contributed by atoms with E-state index < -0.39 is 47.2 Å². The van der Waals surface area contributed by atoms with Gasteiger partial charge in [0.15, 0.2) is 5.78 Å². The zero-order chi connectivity index (χ0) is 26.4. The van der Waals surface area contributed by atoms with E-state index >= 15 is 0 Å². The molecule has 0 aliphatic carbocycles. The Hall–Kier alpha value is -0.640. The molecule has 0 aliphatic rings. The first-order valence-corrected chi connectivity index (χ1v) is 14.5. The first kappa shape index (κ1) is 36.9. The molecule has 10 nitrogen and oxygen atoms in total. The summed E-state index contributed by atoms with van der Waals surface area (Å²) in [7, 11) is 3.58. The van der Waals surface area contributed by atoms with Gasteiger partial charge in [-0.2, -0.15) is 0 Å². The SMILES string of the molecule is CC(C)SC(CC(=O)CO)C(=O)O.CC(C)SC(CC(=O)[O-])C(=O)O.[NH-]CCSSCC[NH3+]. The first-order chi connectivity index (χ1) is 15.3. The molecule has 0 amide bonds. The highest BCUT2D eigenvalue weighted by Crippen LogP contribution is 2.21. The number of aliphatic hydroxyl groups is 1. The maximum atomic E-state index is 10.8. The van der Waals surface area contributed by atoms with Crippen LogP contribution in [0.5, 0.6) is 0 Å². The molecular formula is C19H37N2O8S4-. The van der Waals surface area contributed by atoms with Crippen molar-refractivity contribution in [1.82, 2.24) is 0 Å². The highest BCUT2D eigenvalue weighted by molar-refractivity contribution is 8.76. The fourth-order valence-corrected chi connectivity index (χ4v) is 5.49. The summed E-state index contributed by atoms with van der Waals surface area (Å²) in [5, 5.41) is 34.5. The summed E-state index contributed by atoms with van der Waals surface area (Å²) in [5.41, 5.74) is 10.5. The average molecular weight is 550 g/mol. The lowest BCUT2D eigenvalue weighted by molar-refractivity contribution is -0.360. The summed E-state index contributed by atoms with van der Waals surface area (Å²) in [5.74, 6) is -1.79. The van der Waals surface area contributed by atoms with Crippen LogP contribution in [-0.4, -0.2) is 91.2 Å². The van der Waals surface area contributed by atoms with Crippen molar-refractivity contribution in [2.75, 3.05) is 31.2 Å². The summed E-state index contributed by atoms with van der Waals surface area (Å²) in [4.78, 5) is 42.0. The van der Waals surface area contributed by atoms with E-state index in [-0.39, 0.29) is 16.9 Å². The molecule has 0 aromatic rings. The van der Waals surface area contributed by atoms with Crippen LogP contribution < -0.4 is 10.8 Å². The topological polar surface area (TPSA) is 203 Å². The number of thioether (sulfide) groups is 2. The second kappa shape index (κ2) is 24.5. The van der Waals surface area contributed by atoms with Crippen molar-refractivity contribution in [3.8, 4) is 0 Å². The van der Waals surface area contributed by atoms with Crippen LogP contribution in [0.25, 0.3) is 5.73 Å². The van der Waals surface area contributed by atoms with Crippen molar-refractivity contribution in [1.29, 1.82) is 0 Å². The maximum absolute atomic E-state index is 10.8. The molecular weight excluding hydrogens is 512 g/mol. The molecule has 196 valence electrons. The Balaban J connectivity index is -0.000000421. The van der Waals surface area contributed by atoms with E-state index in [1.807, 2.05) is 38.5 Å². The summed E-state index contributed by atoms with van der Waals surface area (Å²) >= 11 is 2.34. The van der Waals surface area contributed by atoms with E-state index in [2.05, 4.69) is 5.73 Å². The Bertz CT molecular complexity index is 548. The molecule has 0 saturated heterocycles. The van der Waals surface area contributed by atoms with Crippen LogP contribution in [0.1, 0.15) is 40.5 Å². The molecule has 0 aromatic carbocycles. The number of carbonyl (C=O) groups excluding carboxylic acids is 2. The van der Waals surface area contributed by atoms with Gasteiger partial charge < -0.3 is 36.7 Å². The zero-order valence-corrected chi connectivity index (χ0v) is 22.7. The van der Waals surface area contributed by atoms with E-state index in [1.165, 1.54) is 11.8 Å². The van der Waals surface area contributed by atoms with Crippen molar-refractivity contribution in [2.45, 2.75) is 61.5 Å². The van der Waals surface area contributed by atoms with Crippen LogP contribution in [0.3, 0.4) is 0 Å². The second-order valence-electron chi connectivity index (χ2n) is 6.75. The number of Topliss-reactive ketones (excluding diaryl/α,β-unsaturated/α-hetero) is 1. The van der Waals surface area contributed by atoms with Gasteiger partial charge in [-0.15, -0.1) is 30.1 Å². The minimum atomic E-state index is -1.32. The number of nitrogens with one attached hydrogen (secondary N) is 1. The molecule has 0 heterocycles. The fourth-order valence-electron chi connectivity index (χ4n) is 1.69. The number of ketones is 1. The third kappa shape index (κ3) is 29.3. The van der Waals surface area contributed by atoms with Gasteiger partial charge >= 0.3 is 11.9 Å². The van der Waals surface area contributed by atoms with Gasteiger partial charge in [-0.3, -0.25) is 14.4 Å². The number of hydrogen-bond donors (Lipinski definition) is 4. The zero-order valence-electron chi connectivity index (χ0n) is 19.5. The van der Waals surface area contributed by atoms with Crippen LogP contribution in [0.2, 0.25) is 0 Å². The molecule has 0 rings (SSSR count). The molecule has 33 heavy (non-hydrogen) atoms. The van der Waals surface area contributed by atoms with Crippen LogP contribution in [0, 0.1) is 0 Å². The van der Waals surface area contributed by atoms with Gasteiger partial charge in [-0.25, -0.2) is 0 Å². The number of carboxylic acid groups (broad SMARTS) is 3. The van der Waals surface area contributed by atoms with Crippen LogP contribution >= 0.6 is 45.1 Å². The highest BCUT2D eigenvalue weighted by atomic mass is 33.1. The van der Waals surface area contributed by atoms with Crippen molar-refractivity contribution < 1.29 is 45.3 Å². The molecule has 7 N–H and O–H groups in total. The Labute approximate surface area is 212 Å². The molecule has 0 fully saturated rings. The van der Waals surface area contributed by atoms with Gasteiger partial charge in [0.05, 0.1) is 12.3 Å². The molecule has 2 unspecified atom stereocenters. The fraction of sp³-hybridized carbons (Fsp3) is 0.789. The lowest BCUT2D eigenvalue weighted by Crippen LogP contribution is -2.51. The largest absolute Gasteiger partial charge is 0.677 e. The number of rotatable bonds is 16. The van der Waals surface area contributed by atoms with Crippen molar-refractivity contribution in [3.63, 3.8) is 0 Å². The number of carbonyl (C=O) groups is 4. The van der Waals surface area contributed by atoms with Crippen LogP contribution in [0.15, 0.2) is 0 Å². The van der Waals surface area contributed by atoms with Crippen molar-refractivity contribution >= 4 is 68.8 Å². The summed E-state index contributed by atoms with van der Waals surface area (Å²) < 4.78 is 0. The van der Waals surface area contributed by atoms with Crippen molar-refractivity contribution in [3.05, 3.63) is 5.73 Å². The third-order valence-corrected chi connectivity index (χ3v) is 7.84. The monoisotopic (exact) mass is 549 g/mol. The maximum Gasteiger partial charge on any atom is 0.317 e. The summed E-state index contributed by atoms with van der Waals surface area (Å²) in [6.07, 6.45) is -0.535. The van der Waals surface area contributed by atoms with Gasteiger partial charge in [0.25, 0.3) is 0 Å². The molecule has 0 saturated carbocycles. The summed E-state index contributed by atoms with van der Waals surface area (Å²) in [6, 6.07) is 0. The number of quaternary nitrogens is 1. The van der Waals surface area contributed by atoms with Gasteiger partial charge in [-0.1, -0.05) is 49.3 Å². The Morgan fingerprint density at radius 2 is 1.30 bits per heavy atom. The van der Waals surface area contributed by atoms with E-state index in [1.54, 1.807) is 10.8 Å². The van der Waals surface area contributed by atoms with Crippen LogP contribution in [-0.2, 0) is 19.2 Å². The van der Waals surface area contributed by atoms with Gasteiger partial charge in [-0.05, 0) is 16.3 Å². The number of carboxylic acids is 3. The van der Waals surface area contributed by atoms with Crippen molar-refractivity contribution in [2.24, 2.45) is 0 Å². The van der Waals surface area contributed by atoms with Crippen LogP contribution in [0.4, 0.5) is 0 Å². The Morgan fingerprint density at radius 1 is 0.879 bits per heavy atom. The highest BCUT2D eigenvalue weighted by Gasteiger charge is 2.22. The Morgan fingerprint density at radius 3 is 1.61 bits per heavy atom. The minimum absolute atomic E-state index is 0.102. The van der Waals surface area contributed by atoms with Gasteiger partial charge in [0, 0.05) is 18.8 Å². The molecule has 0 spiro atoms. The predicted octanol–water partition coefficient (Wildman–Crippen LogP) is 0.916. The van der Waals surface area contributed by atoms with E-state index in [0.717, 1.165) is 29.8 Å². The number of hydrogen-bond acceptors (Lipinski definition) is 10. The van der Waals surface area contributed by atoms with Gasteiger partial charge in [0.2, 0.25) is 0 Å². The second-order valence-corrected chi connectivity index (χ2v) is 13.0.